The molecule has 2 aromatic heterocycles. The monoisotopic (exact) mass is 262 g/mol. The molecule has 0 aromatic carbocycles. The van der Waals surface area contributed by atoms with Gasteiger partial charge in [0.2, 0.25) is 11.8 Å². The second-order valence-corrected chi connectivity index (χ2v) is 5.31. The predicted molar refractivity (Wildman–Crippen MR) is 72.3 cm³/mol. The molecule has 0 unspecified atom stereocenters. The smallest absolute Gasteiger partial charge is 0.230 e. The summed E-state index contributed by atoms with van der Waals surface area (Å²) < 4.78 is 5.30. The number of fused-ring (bicyclic) bond motifs is 1. The number of anilines is 1. The summed E-state index contributed by atoms with van der Waals surface area (Å²) >= 11 is 0. The van der Waals surface area contributed by atoms with Crippen LogP contribution in [0.3, 0.4) is 0 Å². The minimum absolute atomic E-state index is 0.0846. The normalized spacial score (nSPS) is 18.8. The van der Waals surface area contributed by atoms with E-state index in [0.717, 1.165) is 31.3 Å². The van der Waals surface area contributed by atoms with E-state index >= 15 is 0 Å². The Morgan fingerprint density at radius 1 is 1.37 bits per heavy atom. The number of piperidine rings is 1. The molecule has 0 atom stereocenters. The lowest BCUT2D eigenvalue weighted by atomic mass is 9.91. The van der Waals surface area contributed by atoms with Crippen molar-refractivity contribution in [3.63, 3.8) is 0 Å². The fraction of sp³-hybridized carbons (Fsp3) is 0.583. The number of aromatic amines is 1. The molecule has 0 spiro atoms. The molecule has 7 nitrogen and oxygen atoms in total. The van der Waals surface area contributed by atoms with Crippen LogP contribution in [0.2, 0.25) is 0 Å². The van der Waals surface area contributed by atoms with E-state index in [1.165, 1.54) is 0 Å². The fourth-order valence-corrected chi connectivity index (χ4v) is 2.31. The highest BCUT2D eigenvalue weighted by Gasteiger charge is 2.27. The number of H-pyrrole nitrogens is 1. The lowest BCUT2D eigenvalue weighted by molar-refractivity contribution is 0.360. The quantitative estimate of drug-likeness (QED) is 0.826. The second-order valence-electron chi connectivity index (χ2n) is 5.31. The minimum atomic E-state index is -0.0846. The topological polar surface area (TPSA) is 93.0 Å². The summed E-state index contributed by atoms with van der Waals surface area (Å²) in [5.74, 6) is 1.22. The molecule has 3 heterocycles. The van der Waals surface area contributed by atoms with Gasteiger partial charge in [0.05, 0.1) is 13.3 Å². The van der Waals surface area contributed by atoms with Crippen molar-refractivity contribution >= 4 is 17.0 Å². The average Bonchev–Trinajstić information content (AvgIpc) is 2.85. The van der Waals surface area contributed by atoms with Crippen LogP contribution in [0.5, 0.6) is 5.88 Å². The Labute approximate surface area is 111 Å². The molecular weight excluding hydrogens is 244 g/mol. The summed E-state index contributed by atoms with van der Waals surface area (Å²) in [6.45, 7) is 3.80. The molecule has 0 amide bonds. The van der Waals surface area contributed by atoms with E-state index in [0.29, 0.717) is 17.5 Å². The highest BCUT2D eigenvalue weighted by molar-refractivity contribution is 5.80. The SMILES string of the molecule is COc1nc(N2CCC(C)(N)CC2)nc2[nH]ncc12. The van der Waals surface area contributed by atoms with E-state index in [1.807, 2.05) is 0 Å². The summed E-state index contributed by atoms with van der Waals surface area (Å²) in [6, 6.07) is 0. The molecule has 0 bridgehead atoms. The number of rotatable bonds is 2. The van der Waals surface area contributed by atoms with Crippen molar-refractivity contribution in [1.82, 2.24) is 20.2 Å². The average molecular weight is 262 g/mol. The molecule has 102 valence electrons. The van der Waals surface area contributed by atoms with Gasteiger partial charge in [0.25, 0.3) is 0 Å². The number of hydrogen-bond acceptors (Lipinski definition) is 6. The maximum Gasteiger partial charge on any atom is 0.230 e. The Balaban J connectivity index is 1.93. The Morgan fingerprint density at radius 2 is 2.11 bits per heavy atom. The molecule has 1 saturated heterocycles. The first-order valence-electron chi connectivity index (χ1n) is 6.38. The fourth-order valence-electron chi connectivity index (χ4n) is 2.31. The Bertz CT molecular complexity index is 583. The number of hydrogen-bond donors (Lipinski definition) is 2. The molecule has 3 rings (SSSR count). The molecule has 0 saturated carbocycles. The third kappa shape index (κ3) is 2.21. The van der Waals surface area contributed by atoms with Crippen LogP contribution in [-0.2, 0) is 0 Å². The first-order chi connectivity index (χ1) is 9.09. The van der Waals surface area contributed by atoms with Crippen LogP contribution >= 0.6 is 0 Å². The van der Waals surface area contributed by atoms with Gasteiger partial charge in [0.1, 0.15) is 5.39 Å². The van der Waals surface area contributed by atoms with E-state index in [9.17, 15) is 0 Å². The molecule has 2 aromatic rings. The zero-order valence-electron chi connectivity index (χ0n) is 11.2. The van der Waals surface area contributed by atoms with E-state index in [2.05, 4.69) is 32.0 Å². The van der Waals surface area contributed by atoms with E-state index < -0.39 is 0 Å². The van der Waals surface area contributed by atoms with Crippen LogP contribution in [0.4, 0.5) is 5.95 Å². The molecule has 1 aliphatic heterocycles. The molecule has 19 heavy (non-hydrogen) atoms. The van der Waals surface area contributed by atoms with Crippen LogP contribution in [0.15, 0.2) is 6.20 Å². The van der Waals surface area contributed by atoms with Gasteiger partial charge < -0.3 is 15.4 Å². The number of nitrogens with one attached hydrogen (secondary N) is 1. The van der Waals surface area contributed by atoms with Gasteiger partial charge >= 0.3 is 0 Å². The molecule has 1 fully saturated rings. The van der Waals surface area contributed by atoms with Crippen LogP contribution in [0.1, 0.15) is 19.8 Å². The van der Waals surface area contributed by atoms with Gasteiger partial charge in [-0.3, -0.25) is 5.10 Å². The molecule has 3 N–H and O–H groups in total. The summed E-state index contributed by atoms with van der Waals surface area (Å²) in [5, 5.41) is 7.63. The van der Waals surface area contributed by atoms with E-state index in [-0.39, 0.29) is 5.54 Å². The zero-order chi connectivity index (χ0) is 13.5. The summed E-state index contributed by atoms with van der Waals surface area (Å²) in [5.41, 5.74) is 6.75. The molecule has 0 aliphatic carbocycles. The maximum absolute atomic E-state index is 6.14. The second kappa shape index (κ2) is 4.34. The van der Waals surface area contributed by atoms with Gasteiger partial charge in [-0.2, -0.15) is 15.1 Å². The van der Waals surface area contributed by atoms with Crippen LogP contribution in [-0.4, -0.2) is 45.9 Å². The molecule has 0 radical (unpaired) electrons. The number of aromatic nitrogens is 4. The van der Waals surface area contributed by atoms with E-state index in [4.69, 9.17) is 10.5 Å². The van der Waals surface area contributed by atoms with E-state index in [1.54, 1.807) is 13.3 Å². The van der Waals surface area contributed by atoms with Gasteiger partial charge in [-0.15, -0.1) is 0 Å². The van der Waals surface area contributed by atoms with Gasteiger partial charge in [-0.1, -0.05) is 0 Å². The Kier molecular flexibility index (Phi) is 2.78. The van der Waals surface area contributed by atoms with Crippen molar-refractivity contribution in [2.75, 3.05) is 25.1 Å². The molecular formula is C12H18N6O. The number of methoxy groups -OCH3 is 1. The molecule has 1 aliphatic rings. The van der Waals surface area contributed by atoms with Gasteiger partial charge in [-0.25, -0.2) is 0 Å². The summed E-state index contributed by atoms with van der Waals surface area (Å²) in [4.78, 5) is 11.1. The van der Waals surface area contributed by atoms with Crippen molar-refractivity contribution in [3.05, 3.63) is 6.20 Å². The molecule has 7 heteroatoms. The first kappa shape index (κ1) is 12.2. The Morgan fingerprint density at radius 3 is 2.79 bits per heavy atom. The van der Waals surface area contributed by atoms with Gasteiger partial charge in [-0.05, 0) is 19.8 Å². The summed E-state index contributed by atoms with van der Waals surface area (Å²) in [7, 11) is 1.60. The van der Waals surface area contributed by atoms with Crippen molar-refractivity contribution in [1.29, 1.82) is 0 Å². The van der Waals surface area contributed by atoms with Gasteiger partial charge in [0, 0.05) is 18.6 Å². The standard InChI is InChI=1S/C12H18N6O/c1-12(13)3-5-18(6-4-12)11-15-9-8(7-14-17-9)10(16-11)19-2/h7H,3-6,13H2,1-2H3,(H,14,15,16,17). The largest absolute Gasteiger partial charge is 0.480 e. The third-order valence-corrected chi connectivity index (χ3v) is 3.64. The Hall–Kier alpha value is -1.89. The predicted octanol–water partition coefficient (Wildman–Crippen LogP) is 0.679. The van der Waals surface area contributed by atoms with Crippen molar-refractivity contribution < 1.29 is 4.74 Å². The van der Waals surface area contributed by atoms with Crippen molar-refractivity contribution in [2.24, 2.45) is 5.73 Å². The van der Waals surface area contributed by atoms with Crippen LogP contribution < -0.4 is 15.4 Å². The van der Waals surface area contributed by atoms with Crippen molar-refractivity contribution in [3.8, 4) is 5.88 Å². The number of ether oxygens (including phenoxy) is 1. The zero-order valence-corrected chi connectivity index (χ0v) is 11.2. The highest BCUT2D eigenvalue weighted by Crippen LogP contribution is 2.26. The lowest BCUT2D eigenvalue weighted by Crippen LogP contribution is -2.48. The highest BCUT2D eigenvalue weighted by atomic mass is 16.5. The minimum Gasteiger partial charge on any atom is -0.480 e. The third-order valence-electron chi connectivity index (χ3n) is 3.64. The van der Waals surface area contributed by atoms with Crippen LogP contribution in [0.25, 0.3) is 11.0 Å². The van der Waals surface area contributed by atoms with Crippen molar-refractivity contribution in [2.45, 2.75) is 25.3 Å². The van der Waals surface area contributed by atoms with Crippen LogP contribution in [0, 0.1) is 0 Å². The lowest BCUT2D eigenvalue weighted by Gasteiger charge is -2.36. The number of nitrogens with zero attached hydrogens (tertiary/aromatic N) is 4. The first-order valence-corrected chi connectivity index (χ1v) is 6.38. The maximum atomic E-state index is 6.14. The van der Waals surface area contributed by atoms with Gasteiger partial charge in [0.15, 0.2) is 5.65 Å². The number of nitrogens with two attached hydrogens (primary N) is 1. The summed E-state index contributed by atoms with van der Waals surface area (Å²) in [6.07, 6.45) is 3.53.